The van der Waals surface area contributed by atoms with Crippen molar-refractivity contribution < 1.29 is 9.47 Å². The zero-order valence-electron chi connectivity index (χ0n) is 11.8. The maximum Gasteiger partial charge on any atom is 0.163 e. The van der Waals surface area contributed by atoms with Gasteiger partial charge in [-0.15, -0.1) is 0 Å². The van der Waals surface area contributed by atoms with E-state index in [1.165, 1.54) is 24.0 Å². The first-order valence-electron chi connectivity index (χ1n) is 7.26. The van der Waals surface area contributed by atoms with Gasteiger partial charge in [-0.2, -0.15) is 0 Å². The van der Waals surface area contributed by atoms with Crippen LogP contribution in [0.25, 0.3) is 0 Å². The second kappa shape index (κ2) is 5.23. The summed E-state index contributed by atoms with van der Waals surface area (Å²) in [5.74, 6) is 0.191. The van der Waals surface area contributed by atoms with Gasteiger partial charge in [0.2, 0.25) is 0 Å². The van der Waals surface area contributed by atoms with E-state index in [-0.39, 0.29) is 6.10 Å². The summed E-state index contributed by atoms with van der Waals surface area (Å²) in [5.41, 5.74) is 2.67. The molecule has 2 heterocycles. The molecule has 0 spiro atoms. The molecule has 1 aromatic carbocycles. The second-order valence-corrected chi connectivity index (χ2v) is 6.03. The van der Waals surface area contributed by atoms with E-state index >= 15 is 0 Å². The Morgan fingerprint density at radius 3 is 2.79 bits per heavy atom. The van der Waals surface area contributed by atoms with Gasteiger partial charge in [-0.05, 0) is 50.3 Å². The van der Waals surface area contributed by atoms with E-state index in [0.717, 1.165) is 13.1 Å². The van der Waals surface area contributed by atoms with E-state index in [0.29, 0.717) is 12.5 Å². The van der Waals surface area contributed by atoms with Gasteiger partial charge < -0.3 is 14.8 Å². The molecule has 0 saturated carbocycles. The summed E-state index contributed by atoms with van der Waals surface area (Å²) in [4.78, 5) is 0. The Morgan fingerprint density at radius 2 is 2.11 bits per heavy atom. The molecule has 3 rings (SSSR count). The minimum atomic E-state index is -0.451. The number of benzene rings is 1. The molecule has 0 radical (unpaired) electrons. The normalized spacial score (nSPS) is 30.4. The van der Waals surface area contributed by atoms with Crippen LogP contribution in [0.4, 0.5) is 0 Å². The predicted molar refractivity (Wildman–Crippen MR) is 75.1 cm³/mol. The second-order valence-electron chi connectivity index (χ2n) is 6.03. The lowest BCUT2D eigenvalue weighted by Gasteiger charge is -2.24. The highest BCUT2D eigenvalue weighted by Gasteiger charge is 2.33. The Morgan fingerprint density at radius 1 is 1.26 bits per heavy atom. The molecule has 2 aliphatic heterocycles. The molecule has 19 heavy (non-hydrogen) atoms. The summed E-state index contributed by atoms with van der Waals surface area (Å²) in [7, 11) is 0. The molecular formula is C16H23NO2. The average Bonchev–Trinajstić information content (AvgIpc) is 2.80. The average molecular weight is 261 g/mol. The fourth-order valence-electron chi connectivity index (χ4n) is 3.00. The molecule has 2 atom stereocenters. The Labute approximate surface area is 115 Å². The number of rotatable bonds is 2. The topological polar surface area (TPSA) is 30.5 Å². The van der Waals surface area contributed by atoms with Crippen LogP contribution in [0.1, 0.15) is 49.8 Å². The van der Waals surface area contributed by atoms with Crippen molar-refractivity contribution in [1.29, 1.82) is 0 Å². The molecule has 1 aromatic rings. The van der Waals surface area contributed by atoms with Crippen molar-refractivity contribution in [3.8, 4) is 0 Å². The van der Waals surface area contributed by atoms with Crippen LogP contribution >= 0.6 is 0 Å². The van der Waals surface area contributed by atoms with Crippen molar-refractivity contribution in [2.24, 2.45) is 0 Å². The Hall–Kier alpha value is -0.900. The SMILES string of the molecule is CC1(C)OCC(c2cccc(C3CCCNC3)c2)O1. The van der Waals surface area contributed by atoms with Gasteiger partial charge >= 0.3 is 0 Å². The van der Waals surface area contributed by atoms with Crippen LogP contribution in [0.2, 0.25) is 0 Å². The molecule has 104 valence electrons. The van der Waals surface area contributed by atoms with Crippen LogP contribution in [-0.2, 0) is 9.47 Å². The third-order valence-corrected chi connectivity index (χ3v) is 4.06. The summed E-state index contributed by atoms with van der Waals surface area (Å²) in [6.07, 6.45) is 2.63. The third kappa shape index (κ3) is 2.99. The monoisotopic (exact) mass is 261 g/mol. The van der Waals surface area contributed by atoms with Gasteiger partial charge in [-0.1, -0.05) is 24.3 Å². The largest absolute Gasteiger partial charge is 0.347 e. The maximum absolute atomic E-state index is 5.94. The molecule has 2 fully saturated rings. The number of nitrogens with one attached hydrogen (secondary N) is 1. The minimum Gasteiger partial charge on any atom is -0.347 e. The molecule has 2 saturated heterocycles. The molecular weight excluding hydrogens is 238 g/mol. The zero-order chi connectivity index (χ0) is 13.3. The smallest absolute Gasteiger partial charge is 0.163 e. The fraction of sp³-hybridized carbons (Fsp3) is 0.625. The van der Waals surface area contributed by atoms with Crippen molar-refractivity contribution in [2.75, 3.05) is 19.7 Å². The highest BCUT2D eigenvalue weighted by atomic mass is 16.7. The summed E-state index contributed by atoms with van der Waals surface area (Å²) in [5, 5.41) is 3.48. The van der Waals surface area contributed by atoms with E-state index < -0.39 is 5.79 Å². The van der Waals surface area contributed by atoms with Gasteiger partial charge in [-0.25, -0.2) is 0 Å². The number of piperidine rings is 1. The lowest BCUT2D eigenvalue weighted by Crippen LogP contribution is -2.28. The molecule has 0 amide bonds. The highest BCUT2D eigenvalue weighted by Crippen LogP contribution is 2.34. The zero-order valence-corrected chi connectivity index (χ0v) is 11.8. The van der Waals surface area contributed by atoms with Gasteiger partial charge in [0.05, 0.1) is 6.61 Å². The van der Waals surface area contributed by atoms with E-state index in [9.17, 15) is 0 Å². The van der Waals surface area contributed by atoms with E-state index in [1.807, 2.05) is 13.8 Å². The van der Waals surface area contributed by atoms with Crippen molar-refractivity contribution in [1.82, 2.24) is 5.32 Å². The summed E-state index contributed by atoms with van der Waals surface area (Å²) >= 11 is 0. The van der Waals surface area contributed by atoms with Gasteiger partial charge in [0.1, 0.15) is 6.10 Å². The summed E-state index contributed by atoms with van der Waals surface area (Å²) in [6, 6.07) is 8.83. The first kappa shape index (κ1) is 13.1. The van der Waals surface area contributed by atoms with Gasteiger partial charge in [0.25, 0.3) is 0 Å². The number of hydrogen-bond acceptors (Lipinski definition) is 3. The Bertz CT molecular complexity index is 438. The minimum absolute atomic E-state index is 0.0755. The number of ether oxygens (including phenoxy) is 2. The predicted octanol–water partition coefficient (Wildman–Crippen LogP) is 2.98. The van der Waals surface area contributed by atoms with E-state index in [2.05, 4.69) is 29.6 Å². The van der Waals surface area contributed by atoms with Crippen LogP contribution in [-0.4, -0.2) is 25.5 Å². The number of hydrogen-bond donors (Lipinski definition) is 1. The Kier molecular flexibility index (Phi) is 3.61. The summed E-state index contributed by atoms with van der Waals surface area (Å²) in [6.45, 7) is 6.85. The van der Waals surface area contributed by atoms with E-state index in [4.69, 9.17) is 9.47 Å². The van der Waals surface area contributed by atoms with Crippen molar-refractivity contribution in [3.05, 3.63) is 35.4 Å². The van der Waals surface area contributed by atoms with Gasteiger partial charge in [-0.3, -0.25) is 0 Å². The molecule has 0 aliphatic carbocycles. The first-order chi connectivity index (χ1) is 9.14. The molecule has 3 nitrogen and oxygen atoms in total. The first-order valence-corrected chi connectivity index (χ1v) is 7.26. The van der Waals surface area contributed by atoms with Crippen LogP contribution in [0, 0.1) is 0 Å². The van der Waals surface area contributed by atoms with E-state index in [1.54, 1.807) is 0 Å². The molecule has 0 bridgehead atoms. The lowest BCUT2D eigenvalue weighted by molar-refractivity contribution is -0.139. The fourth-order valence-corrected chi connectivity index (χ4v) is 3.00. The van der Waals surface area contributed by atoms with Crippen molar-refractivity contribution >= 4 is 0 Å². The highest BCUT2D eigenvalue weighted by molar-refractivity contribution is 5.29. The molecule has 3 heteroatoms. The van der Waals surface area contributed by atoms with Crippen molar-refractivity contribution in [3.63, 3.8) is 0 Å². The molecule has 2 unspecified atom stereocenters. The molecule has 2 aliphatic rings. The van der Waals surface area contributed by atoms with Gasteiger partial charge in [0, 0.05) is 6.54 Å². The quantitative estimate of drug-likeness (QED) is 0.888. The third-order valence-electron chi connectivity index (χ3n) is 4.06. The van der Waals surface area contributed by atoms with Crippen LogP contribution in [0.3, 0.4) is 0 Å². The maximum atomic E-state index is 5.94. The van der Waals surface area contributed by atoms with Crippen LogP contribution in [0.5, 0.6) is 0 Å². The Balaban J connectivity index is 1.76. The molecule has 1 N–H and O–H groups in total. The lowest BCUT2D eigenvalue weighted by atomic mass is 9.90. The van der Waals surface area contributed by atoms with Gasteiger partial charge in [0.15, 0.2) is 5.79 Å². The van der Waals surface area contributed by atoms with Crippen LogP contribution in [0.15, 0.2) is 24.3 Å². The van der Waals surface area contributed by atoms with Crippen molar-refractivity contribution in [2.45, 2.75) is 44.5 Å². The standard InChI is InChI=1S/C16H23NO2/c1-16(2)18-11-15(19-16)13-6-3-5-12(9-13)14-7-4-8-17-10-14/h3,5-6,9,14-15,17H,4,7-8,10-11H2,1-2H3. The molecule has 0 aromatic heterocycles. The summed E-state index contributed by atoms with van der Waals surface area (Å²) < 4.78 is 11.6. The van der Waals surface area contributed by atoms with Crippen LogP contribution < -0.4 is 5.32 Å².